The summed E-state index contributed by atoms with van der Waals surface area (Å²) in [6.07, 6.45) is 1.46. The van der Waals surface area contributed by atoms with Gasteiger partial charge in [0.2, 0.25) is 0 Å². The number of nitrogens with zero attached hydrogens (tertiary/aromatic N) is 1. The van der Waals surface area contributed by atoms with Crippen LogP contribution in [0.2, 0.25) is 0 Å². The summed E-state index contributed by atoms with van der Waals surface area (Å²) in [5.74, 6) is -0.795. The largest absolute Gasteiger partial charge is 0.497 e. The van der Waals surface area contributed by atoms with Crippen molar-refractivity contribution in [2.24, 2.45) is 5.10 Å². The third-order valence-corrected chi connectivity index (χ3v) is 3.32. The van der Waals surface area contributed by atoms with Crippen molar-refractivity contribution in [3.05, 3.63) is 53.6 Å². The summed E-state index contributed by atoms with van der Waals surface area (Å²) >= 11 is 0. The first-order chi connectivity index (χ1) is 12.0. The number of rotatable bonds is 5. The van der Waals surface area contributed by atoms with Crippen molar-refractivity contribution in [2.75, 3.05) is 19.5 Å². The number of hydrogen-bond donors (Lipinski definition) is 2. The van der Waals surface area contributed by atoms with E-state index in [1.807, 2.05) is 31.2 Å². The average molecular weight is 341 g/mol. The molecule has 0 saturated carbocycles. The Kier molecular flexibility index (Phi) is 6.11. The first kappa shape index (κ1) is 18.0. The van der Waals surface area contributed by atoms with E-state index in [1.54, 1.807) is 18.2 Å². The van der Waals surface area contributed by atoms with Crippen LogP contribution in [0.3, 0.4) is 0 Å². The monoisotopic (exact) mass is 341 g/mol. The molecule has 0 bridgehead atoms. The Bertz CT molecular complexity index is 785. The fourth-order valence-electron chi connectivity index (χ4n) is 1.95. The Hall–Kier alpha value is -3.35. The molecule has 7 heteroatoms. The Balaban J connectivity index is 1.96. The highest BCUT2D eigenvalue weighted by Gasteiger charge is 2.15. The SMILES string of the molecule is COc1ccc(NC(=O)C(=O)N/N=C/c2ccc(C)cc2)c(OC)c1. The predicted molar refractivity (Wildman–Crippen MR) is 95.1 cm³/mol. The lowest BCUT2D eigenvalue weighted by Gasteiger charge is -2.10. The lowest BCUT2D eigenvalue weighted by molar-refractivity contribution is -0.136. The molecule has 2 N–H and O–H groups in total. The van der Waals surface area contributed by atoms with Crippen LogP contribution in [0.25, 0.3) is 0 Å². The van der Waals surface area contributed by atoms with Gasteiger partial charge in [0.1, 0.15) is 11.5 Å². The quantitative estimate of drug-likeness (QED) is 0.495. The van der Waals surface area contributed by atoms with E-state index in [-0.39, 0.29) is 0 Å². The zero-order valence-electron chi connectivity index (χ0n) is 14.2. The molecule has 2 amide bonds. The predicted octanol–water partition coefficient (Wildman–Crippen LogP) is 2.10. The van der Waals surface area contributed by atoms with Gasteiger partial charge in [-0.2, -0.15) is 5.10 Å². The molecule has 0 aliphatic heterocycles. The molecule has 2 aromatic rings. The van der Waals surface area contributed by atoms with Gasteiger partial charge in [-0.1, -0.05) is 29.8 Å². The molecule has 7 nitrogen and oxygen atoms in total. The summed E-state index contributed by atoms with van der Waals surface area (Å²) in [5, 5.41) is 6.23. The van der Waals surface area contributed by atoms with Gasteiger partial charge in [0.05, 0.1) is 26.1 Å². The summed E-state index contributed by atoms with van der Waals surface area (Å²) in [7, 11) is 2.98. The van der Waals surface area contributed by atoms with Gasteiger partial charge in [-0.3, -0.25) is 9.59 Å². The van der Waals surface area contributed by atoms with Crippen LogP contribution in [0.15, 0.2) is 47.6 Å². The zero-order valence-corrected chi connectivity index (χ0v) is 14.2. The summed E-state index contributed by atoms with van der Waals surface area (Å²) in [6.45, 7) is 1.97. The van der Waals surface area contributed by atoms with Gasteiger partial charge < -0.3 is 14.8 Å². The van der Waals surface area contributed by atoms with E-state index in [0.29, 0.717) is 17.2 Å². The molecular weight excluding hydrogens is 322 g/mol. The van der Waals surface area contributed by atoms with Gasteiger partial charge in [0.15, 0.2) is 0 Å². The highest BCUT2D eigenvalue weighted by atomic mass is 16.5. The lowest BCUT2D eigenvalue weighted by atomic mass is 10.2. The molecule has 0 fully saturated rings. The van der Waals surface area contributed by atoms with E-state index in [4.69, 9.17) is 9.47 Å². The minimum atomic E-state index is -0.888. The number of hydrazone groups is 1. The summed E-state index contributed by atoms with van der Waals surface area (Å²) in [4.78, 5) is 23.8. The molecule has 0 heterocycles. The molecule has 0 radical (unpaired) electrons. The van der Waals surface area contributed by atoms with Gasteiger partial charge in [-0.05, 0) is 24.6 Å². The van der Waals surface area contributed by atoms with Crippen molar-refractivity contribution in [3.63, 3.8) is 0 Å². The number of nitrogens with one attached hydrogen (secondary N) is 2. The number of aryl methyl sites for hydroxylation is 1. The second-order valence-electron chi connectivity index (χ2n) is 5.13. The Labute approximate surface area is 145 Å². The van der Waals surface area contributed by atoms with Gasteiger partial charge in [-0.15, -0.1) is 0 Å². The molecule has 0 saturated heterocycles. The van der Waals surface area contributed by atoms with Gasteiger partial charge >= 0.3 is 11.8 Å². The maximum absolute atomic E-state index is 11.9. The van der Waals surface area contributed by atoms with Gasteiger partial charge in [0, 0.05) is 6.07 Å². The minimum absolute atomic E-state index is 0.353. The molecule has 0 spiro atoms. The first-order valence-corrected chi connectivity index (χ1v) is 7.46. The Morgan fingerprint density at radius 1 is 1.00 bits per heavy atom. The molecule has 2 rings (SSSR count). The standard InChI is InChI=1S/C18H19N3O4/c1-12-4-6-13(7-5-12)11-19-21-18(23)17(22)20-15-9-8-14(24-2)10-16(15)25-3/h4-11H,1-3H3,(H,20,22)(H,21,23)/b19-11+. The number of benzene rings is 2. The fraction of sp³-hybridized carbons (Fsp3) is 0.167. The van der Waals surface area contributed by atoms with Gasteiger partial charge in [-0.25, -0.2) is 5.43 Å². The smallest absolute Gasteiger partial charge is 0.329 e. The molecule has 0 aliphatic rings. The Morgan fingerprint density at radius 2 is 1.72 bits per heavy atom. The number of carbonyl (C=O) groups is 2. The van der Waals surface area contributed by atoms with Crippen LogP contribution in [-0.2, 0) is 9.59 Å². The van der Waals surface area contributed by atoms with Crippen LogP contribution < -0.4 is 20.2 Å². The second-order valence-corrected chi connectivity index (χ2v) is 5.13. The van der Waals surface area contributed by atoms with E-state index in [2.05, 4.69) is 15.8 Å². The second kappa shape index (κ2) is 8.49. The van der Waals surface area contributed by atoms with Crippen LogP contribution in [0.1, 0.15) is 11.1 Å². The van der Waals surface area contributed by atoms with E-state index < -0.39 is 11.8 Å². The molecule has 130 valence electrons. The van der Waals surface area contributed by atoms with Crippen molar-refractivity contribution in [1.82, 2.24) is 5.43 Å². The van der Waals surface area contributed by atoms with Crippen molar-refractivity contribution in [1.29, 1.82) is 0 Å². The van der Waals surface area contributed by atoms with E-state index in [0.717, 1.165) is 11.1 Å². The normalized spacial score (nSPS) is 10.4. The minimum Gasteiger partial charge on any atom is -0.497 e. The molecular formula is C18H19N3O4. The third kappa shape index (κ3) is 5.07. The average Bonchev–Trinajstić information content (AvgIpc) is 2.63. The fourth-order valence-corrected chi connectivity index (χ4v) is 1.95. The molecule has 25 heavy (non-hydrogen) atoms. The van der Waals surface area contributed by atoms with Crippen molar-refractivity contribution < 1.29 is 19.1 Å². The van der Waals surface area contributed by atoms with Crippen LogP contribution in [-0.4, -0.2) is 32.2 Å². The van der Waals surface area contributed by atoms with Crippen molar-refractivity contribution in [3.8, 4) is 11.5 Å². The van der Waals surface area contributed by atoms with Crippen LogP contribution in [0, 0.1) is 6.92 Å². The highest BCUT2D eigenvalue weighted by Crippen LogP contribution is 2.28. The van der Waals surface area contributed by atoms with Crippen molar-refractivity contribution >= 4 is 23.7 Å². The number of carbonyl (C=O) groups excluding carboxylic acids is 2. The molecule has 0 aliphatic carbocycles. The van der Waals surface area contributed by atoms with E-state index in [1.165, 1.54) is 20.4 Å². The number of ether oxygens (including phenoxy) is 2. The summed E-state index contributed by atoms with van der Waals surface area (Å²) in [6, 6.07) is 12.4. The number of amides is 2. The van der Waals surface area contributed by atoms with E-state index >= 15 is 0 Å². The van der Waals surface area contributed by atoms with Crippen molar-refractivity contribution in [2.45, 2.75) is 6.92 Å². The summed E-state index contributed by atoms with van der Waals surface area (Å²) < 4.78 is 10.2. The highest BCUT2D eigenvalue weighted by molar-refractivity contribution is 6.39. The number of hydrogen-bond acceptors (Lipinski definition) is 5. The summed E-state index contributed by atoms with van der Waals surface area (Å²) in [5.41, 5.74) is 4.46. The van der Waals surface area contributed by atoms with Crippen LogP contribution in [0.5, 0.6) is 11.5 Å². The number of anilines is 1. The molecule has 2 aromatic carbocycles. The zero-order chi connectivity index (χ0) is 18.2. The van der Waals surface area contributed by atoms with Gasteiger partial charge in [0.25, 0.3) is 0 Å². The third-order valence-electron chi connectivity index (χ3n) is 3.32. The molecule has 0 unspecified atom stereocenters. The molecule has 0 atom stereocenters. The topological polar surface area (TPSA) is 89.0 Å². The van der Waals surface area contributed by atoms with Crippen LogP contribution in [0.4, 0.5) is 5.69 Å². The van der Waals surface area contributed by atoms with Crippen LogP contribution >= 0.6 is 0 Å². The maximum atomic E-state index is 11.9. The molecule has 0 aromatic heterocycles. The van der Waals surface area contributed by atoms with E-state index in [9.17, 15) is 9.59 Å². The Morgan fingerprint density at radius 3 is 2.36 bits per heavy atom. The maximum Gasteiger partial charge on any atom is 0.329 e. The first-order valence-electron chi connectivity index (χ1n) is 7.46. The lowest BCUT2D eigenvalue weighted by Crippen LogP contribution is -2.32. The number of methoxy groups -OCH3 is 2.